The van der Waals surface area contributed by atoms with E-state index in [4.69, 9.17) is 0 Å². The Morgan fingerprint density at radius 2 is 1.88 bits per heavy atom. The maximum absolute atomic E-state index is 13.1. The molecule has 0 radical (unpaired) electrons. The van der Waals surface area contributed by atoms with E-state index in [2.05, 4.69) is 22.3 Å². The number of hydrogen-bond donors (Lipinski definition) is 2. The molecule has 4 nitrogen and oxygen atoms in total. The average Bonchev–Trinajstić information content (AvgIpc) is 2.96. The van der Waals surface area contributed by atoms with Crippen molar-refractivity contribution in [3.05, 3.63) is 71.0 Å². The Morgan fingerprint density at radius 1 is 1.19 bits per heavy atom. The van der Waals surface area contributed by atoms with E-state index in [1.807, 2.05) is 19.1 Å². The van der Waals surface area contributed by atoms with Crippen LogP contribution in [-0.2, 0) is 11.2 Å². The summed E-state index contributed by atoms with van der Waals surface area (Å²) >= 11 is 0. The van der Waals surface area contributed by atoms with Gasteiger partial charge in [-0.25, -0.2) is 4.39 Å². The molecule has 1 amide bonds. The van der Waals surface area contributed by atoms with Crippen LogP contribution in [0.2, 0.25) is 0 Å². The summed E-state index contributed by atoms with van der Waals surface area (Å²) in [6, 6.07) is 14.4. The molecule has 1 aliphatic heterocycles. The van der Waals surface area contributed by atoms with Crippen LogP contribution in [0.4, 0.5) is 4.39 Å². The van der Waals surface area contributed by atoms with Crippen LogP contribution in [0.5, 0.6) is 0 Å². The third-order valence-electron chi connectivity index (χ3n) is 5.57. The van der Waals surface area contributed by atoms with Gasteiger partial charge in [-0.15, -0.1) is 0 Å². The number of amides is 1. The summed E-state index contributed by atoms with van der Waals surface area (Å²) in [6.07, 6.45) is 0.507. The zero-order valence-corrected chi connectivity index (χ0v) is 14.7. The predicted molar refractivity (Wildman–Crippen MR) is 97.2 cm³/mol. The number of aliphatic hydroxyl groups is 1. The van der Waals surface area contributed by atoms with E-state index in [9.17, 15) is 14.3 Å². The fourth-order valence-corrected chi connectivity index (χ4v) is 4.08. The largest absolute Gasteiger partial charge is 0.390 e. The molecule has 0 saturated carbocycles. The van der Waals surface area contributed by atoms with Crippen molar-refractivity contribution in [2.45, 2.75) is 37.5 Å². The number of carbonyl (C=O) groups is 1. The Morgan fingerprint density at radius 3 is 2.58 bits per heavy atom. The summed E-state index contributed by atoms with van der Waals surface area (Å²) in [5, 5.41) is 12.9. The van der Waals surface area contributed by atoms with Gasteiger partial charge in [0.2, 0.25) is 5.91 Å². The second-order valence-electron chi connectivity index (χ2n) is 7.34. The highest BCUT2D eigenvalue weighted by molar-refractivity contribution is 5.83. The van der Waals surface area contributed by atoms with Gasteiger partial charge >= 0.3 is 0 Å². The van der Waals surface area contributed by atoms with Gasteiger partial charge in [0.05, 0.1) is 24.1 Å². The number of fused-ring (bicyclic) bond motifs is 1. The molecule has 26 heavy (non-hydrogen) atoms. The van der Waals surface area contributed by atoms with Crippen molar-refractivity contribution in [3.63, 3.8) is 0 Å². The summed E-state index contributed by atoms with van der Waals surface area (Å²) in [4.78, 5) is 15.0. The second-order valence-corrected chi connectivity index (χ2v) is 7.34. The van der Waals surface area contributed by atoms with Crippen LogP contribution >= 0.6 is 0 Å². The van der Waals surface area contributed by atoms with Gasteiger partial charge in [0, 0.05) is 13.1 Å². The minimum atomic E-state index is -0.345. The van der Waals surface area contributed by atoms with Crippen LogP contribution in [0.25, 0.3) is 0 Å². The summed E-state index contributed by atoms with van der Waals surface area (Å²) in [5.74, 6) is -0.702. The summed E-state index contributed by atoms with van der Waals surface area (Å²) in [7, 11) is 0. The van der Waals surface area contributed by atoms with E-state index < -0.39 is 0 Å². The number of hydrogen-bond acceptors (Lipinski definition) is 3. The Hall–Kier alpha value is -2.24. The maximum atomic E-state index is 13.1. The van der Waals surface area contributed by atoms with Crippen LogP contribution < -0.4 is 5.32 Å². The highest BCUT2D eigenvalue weighted by Crippen LogP contribution is 2.38. The summed E-state index contributed by atoms with van der Waals surface area (Å²) < 4.78 is 13.1. The molecule has 2 N–H and O–H groups in total. The van der Waals surface area contributed by atoms with Crippen molar-refractivity contribution in [2.75, 3.05) is 13.1 Å². The smallest absolute Gasteiger partial charge is 0.227 e. The molecule has 4 rings (SSSR count). The predicted octanol–water partition coefficient (Wildman–Crippen LogP) is 2.39. The molecule has 2 aromatic carbocycles. The molecule has 0 unspecified atom stereocenters. The average molecular weight is 354 g/mol. The lowest BCUT2D eigenvalue weighted by Gasteiger charge is -2.43. The number of nitrogens with one attached hydrogen (secondary N) is 1. The van der Waals surface area contributed by atoms with Gasteiger partial charge < -0.3 is 10.4 Å². The van der Waals surface area contributed by atoms with Crippen LogP contribution in [0, 0.1) is 5.82 Å². The van der Waals surface area contributed by atoms with E-state index >= 15 is 0 Å². The fraction of sp³-hybridized carbons (Fsp3) is 0.381. The van der Waals surface area contributed by atoms with Crippen molar-refractivity contribution in [1.82, 2.24) is 10.2 Å². The van der Waals surface area contributed by atoms with Crippen molar-refractivity contribution in [1.29, 1.82) is 0 Å². The number of rotatable bonds is 4. The first-order valence-electron chi connectivity index (χ1n) is 9.08. The molecular weight excluding hydrogens is 331 g/mol. The number of carbonyl (C=O) groups excluding carboxylic acids is 1. The van der Waals surface area contributed by atoms with Crippen molar-refractivity contribution < 1.29 is 14.3 Å². The zero-order valence-electron chi connectivity index (χ0n) is 14.7. The standard InChI is InChI=1S/C21H23FN2O2/c1-13(14-6-8-16(22)9-7-14)21(26)23-19-10-15-4-2-3-5-18(15)20(19)24-11-17(25)12-24/h2-9,13,17,19-20,25H,10-12H2,1H3,(H,23,26)/t13-,19-,20-/m0/s1. The van der Waals surface area contributed by atoms with E-state index in [-0.39, 0.29) is 35.8 Å². The normalized spacial score (nSPS) is 24.0. The Bertz CT molecular complexity index is 802. The molecule has 1 saturated heterocycles. The SMILES string of the molecule is C[C@H](C(=O)N[C@H]1Cc2ccccc2[C@@H]1N1CC(O)C1)c1ccc(F)cc1. The van der Waals surface area contributed by atoms with Gasteiger partial charge in [-0.3, -0.25) is 9.69 Å². The minimum Gasteiger partial charge on any atom is -0.390 e. The minimum absolute atomic E-state index is 0.0182. The van der Waals surface area contributed by atoms with E-state index in [0.29, 0.717) is 13.1 Å². The first kappa shape index (κ1) is 17.2. The van der Waals surface area contributed by atoms with Gasteiger partial charge in [-0.2, -0.15) is 0 Å². The molecule has 1 fully saturated rings. The molecule has 2 aliphatic rings. The lowest BCUT2D eigenvalue weighted by Crippen LogP contribution is -2.56. The first-order chi connectivity index (χ1) is 12.5. The molecule has 1 aliphatic carbocycles. The van der Waals surface area contributed by atoms with Gasteiger partial charge in [0.15, 0.2) is 0 Å². The highest BCUT2D eigenvalue weighted by atomic mass is 19.1. The third kappa shape index (κ3) is 3.13. The van der Waals surface area contributed by atoms with Crippen molar-refractivity contribution in [2.24, 2.45) is 0 Å². The number of halogens is 1. The van der Waals surface area contributed by atoms with Crippen LogP contribution in [0.15, 0.2) is 48.5 Å². The Labute approximate surface area is 152 Å². The Balaban J connectivity index is 1.51. The van der Waals surface area contributed by atoms with Gasteiger partial charge in [0.1, 0.15) is 5.82 Å². The molecule has 2 aromatic rings. The third-order valence-corrected chi connectivity index (χ3v) is 5.57. The second kappa shape index (κ2) is 6.82. The van der Waals surface area contributed by atoms with Crippen molar-refractivity contribution >= 4 is 5.91 Å². The number of nitrogens with zero attached hydrogens (tertiary/aromatic N) is 1. The van der Waals surface area contributed by atoms with Gasteiger partial charge in [-0.1, -0.05) is 36.4 Å². The van der Waals surface area contributed by atoms with Crippen LogP contribution in [-0.4, -0.2) is 41.1 Å². The van der Waals surface area contributed by atoms with Crippen molar-refractivity contribution in [3.8, 4) is 0 Å². The molecule has 136 valence electrons. The molecule has 0 spiro atoms. The van der Waals surface area contributed by atoms with Crippen LogP contribution in [0.1, 0.15) is 35.6 Å². The lowest BCUT2D eigenvalue weighted by atomic mass is 9.97. The highest BCUT2D eigenvalue weighted by Gasteiger charge is 2.42. The monoisotopic (exact) mass is 354 g/mol. The van der Waals surface area contributed by atoms with E-state index in [0.717, 1.165) is 12.0 Å². The molecular formula is C21H23FN2O2. The molecule has 1 heterocycles. The van der Waals surface area contributed by atoms with Crippen LogP contribution in [0.3, 0.4) is 0 Å². The zero-order chi connectivity index (χ0) is 18.3. The fourth-order valence-electron chi connectivity index (χ4n) is 4.08. The molecule has 0 aromatic heterocycles. The molecule has 3 atom stereocenters. The topological polar surface area (TPSA) is 52.6 Å². The van der Waals surface area contributed by atoms with Gasteiger partial charge in [-0.05, 0) is 42.2 Å². The van der Waals surface area contributed by atoms with E-state index in [1.165, 1.54) is 23.3 Å². The number of β-amino-alcohol motifs (C(OH)–C–C–N with tert-alkyl or cyclic N) is 1. The number of likely N-dealkylation sites (tertiary alicyclic amines) is 1. The Kier molecular flexibility index (Phi) is 4.51. The van der Waals surface area contributed by atoms with Gasteiger partial charge in [0.25, 0.3) is 0 Å². The first-order valence-corrected chi connectivity index (χ1v) is 9.08. The quantitative estimate of drug-likeness (QED) is 0.886. The van der Waals surface area contributed by atoms with E-state index in [1.54, 1.807) is 12.1 Å². The summed E-state index contributed by atoms with van der Waals surface area (Å²) in [6.45, 7) is 3.12. The molecule has 5 heteroatoms. The number of benzene rings is 2. The summed E-state index contributed by atoms with van der Waals surface area (Å²) in [5.41, 5.74) is 3.29. The maximum Gasteiger partial charge on any atom is 0.227 e. The molecule has 0 bridgehead atoms. The number of aliphatic hydroxyl groups excluding tert-OH is 1. The lowest BCUT2D eigenvalue weighted by molar-refractivity contribution is -0.123.